The number of carbonyl (C=O) groups excluding carboxylic acids is 1. The SMILES string of the molecule is Cc1cc(I)ccc1NC(=O)c1ccc(NS(C)(=O)=O)c(C)c1. The first kappa shape index (κ1) is 17.7. The monoisotopic (exact) mass is 444 g/mol. The Morgan fingerprint density at radius 3 is 2.17 bits per heavy atom. The topological polar surface area (TPSA) is 75.3 Å². The van der Waals surface area contributed by atoms with Crippen molar-refractivity contribution in [2.24, 2.45) is 0 Å². The highest BCUT2D eigenvalue weighted by atomic mass is 127. The highest BCUT2D eigenvalue weighted by Gasteiger charge is 2.11. The number of halogens is 1. The molecule has 0 saturated carbocycles. The highest BCUT2D eigenvalue weighted by Crippen LogP contribution is 2.21. The van der Waals surface area contributed by atoms with Gasteiger partial charge in [0.2, 0.25) is 10.0 Å². The van der Waals surface area contributed by atoms with Crippen LogP contribution in [0, 0.1) is 17.4 Å². The minimum absolute atomic E-state index is 0.233. The summed E-state index contributed by atoms with van der Waals surface area (Å²) in [4.78, 5) is 12.3. The van der Waals surface area contributed by atoms with Gasteiger partial charge in [-0.25, -0.2) is 8.42 Å². The maximum absolute atomic E-state index is 12.3. The standard InChI is InChI=1S/C16H17IN2O3S/c1-10-8-12(4-6-15(10)19-23(3,21)22)16(20)18-14-7-5-13(17)9-11(14)2/h4-9,19H,1-3H3,(H,18,20). The number of benzene rings is 2. The molecule has 0 radical (unpaired) electrons. The van der Waals surface area contributed by atoms with Gasteiger partial charge in [-0.15, -0.1) is 0 Å². The molecule has 0 aliphatic rings. The number of aryl methyl sites for hydroxylation is 2. The lowest BCUT2D eigenvalue weighted by molar-refractivity contribution is 0.102. The van der Waals surface area contributed by atoms with Crippen molar-refractivity contribution in [3.8, 4) is 0 Å². The molecule has 7 heteroatoms. The van der Waals surface area contributed by atoms with Gasteiger partial charge in [0.05, 0.1) is 11.9 Å². The fourth-order valence-electron chi connectivity index (χ4n) is 2.08. The van der Waals surface area contributed by atoms with Crippen LogP contribution in [-0.4, -0.2) is 20.6 Å². The van der Waals surface area contributed by atoms with Crippen molar-refractivity contribution in [1.82, 2.24) is 0 Å². The molecule has 0 unspecified atom stereocenters. The van der Waals surface area contributed by atoms with Crippen LogP contribution < -0.4 is 10.0 Å². The van der Waals surface area contributed by atoms with Crippen LogP contribution in [0.1, 0.15) is 21.5 Å². The molecule has 0 aliphatic carbocycles. The quantitative estimate of drug-likeness (QED) is 0.709. The maximum Gasteiger partial charge on any atom is 0.255 e. The number of anilines is 2. The molecule has 0 fully saturated rings. The van der Waals surface area contributed by atoms with Gasteiger partial charge in [0.15, 0.2) is 0 Å². The van der Waals surface area contributed by atoms with E-state index in [0.29, 0.717) is 16.8 Å². The van der Waals surface area contributed by atoms with E-state index in [0.717, 1.165) is 21.1 Å². The molecule has 0 heterocycles. The van der Waals surface area contributed by atoms with Gasteiger partial charge in [0.25, 0.3) is 5.91 Å². The van der Waals surface area contributed by atoms with E-state index in [1.807, 2.05) is 25.1 Å². The van der Waals surface area contributed by atoms with Gasteiger partial charge in [-0.2, -0.15) is 0 Å². The Labute approximate surface area is 149 Å². The lowest BCUT2D eigenvalue weighted by atomic mass is 10.1. The molecule has 0 atom stereocenters. The second-order valence-electron chi connectivity index (χ2n) is 5.32. The van der Waals surface area contributed by atoms with Gasteiger partial charge < -0.3 is 5.32 Å². The second kappa shape index (κ2) is 6.88. The minimum Gasteiger partial charge on any atom is -0.322 e. The second-order valence-corrected chi connectivity index (χ2v) is 8.31. The van der Waals surface area contributed by atoms with E-state index < -0.39 is 10.0 Å². The fraction of sp³-hybridized carbons (Fsp3) is 0.188. The van der Waals surface area contributed by atoms with E-state index in [-0.39, 0.29) is 5.91 Å². The number of nitrogens with one attached hydrogen (secondary N) is 2. The Morgan fingerprint density at radius 2 is 1.61 bits per heavy atom. The zero-order chi connectivity index (χ0) is 17.2. The van der Waals surface area contributed by atoms with Crippen LogP contribution in [0.4, 0.5) is 11.4 Å². The molecule has 1 amide bonds. The first-order valence-electron chi connectivity index (χ1n) is 6.81. The van der Waals surface area contributed by atoms with Gasteiger partial charge in [-0.3, -0.25) is 9.52 Å². The van der Waals surface area contributed by atoms with Crippen LogP contribution in [0.3, 0.4) is 0 Å². The van der Waals surface area contributed by atoms with E-state index in [9.17, 15) is 13.2 Å². The average Bonchev–Trinajstić information content (AvgIpc) is 2.42. The van der Waals surface area contributed by atoms with Crippen molar-refractivity contribution < 1.29 is 13.2 Å². The number of carbonyl (C=O) groups is 1. The molecule has 0 spiro atoms. The third kappa shape index (κ3) is 4.93. The van der Waals surface area contributed by atoms with Crippen molar-refractivity contribution in [2.45, 2.75) is 13.8 Å². The Balaban J connectivity index is 2.21. The summed E-state index contributed by atoms with van der Waals surface area (Å²) in [6.45, 7) is 3.68. The largest absolute Gasteiger partial charge is 0.322 e. The van der Waals surface area contributed by atoms with Crippen LogP contribution in [0.15, 0.2) is 36.4 Å². The smallest absolute Gasteiger partial charge is 0.255 e. The Bertz CT molecular complexity index is 864. The Kier molecular flexibility index (Phi) is 5.30. The first-order chi connectivity index (χ1) is 10.7. The third-order valence-corrected chi connectivity index (χ3v) is 4.48. The zero-order valence-corrected chi connectivity index (χ0v) is 15.9. The van der Waals surface area contributed by atoms with E-state index in [1.165, 1.54) is 0 Å². The molecule has 122 valence electrons. The molecule has 23 heavy (non-hydrogen) atoms. The number of sulfonamides is 1. The summed E-state index contributed by atoms with van der Waals surface area (Å²) < 4.78 is 26.1. The summed E-state index contributed by atoms with van der Waals surface area (Å²) in [5, 5.41) is 2.87. The summed E-state index contributed by atoms with van der Waals surface area (Å²) in [5.74, 6) is -0.233. The van der Waals surface area contributed by atoms with E-state index in [2.05, 4.69) is 32.6 Å². The number of rotatable bonds is 4. The number of hydrogen-bond donors (Lipinski definition) is 2. The van der Waals surface area contributed by atoms with Crippen molar-refractivity contribution in [2.75, 3.05) is 16.3 Å². The molecule has 0 aliphatic heterocycles. The first-order valence-corrected chi connectivity index (χ1v) is 9.79. The van der Waals surface area contributed by atoms with Gasteiger partial charge >= 0.3 is 0 Å². The third-order valence-electron chi connectivity index (χ3n) is 3.22. The summed E-state index contributed by atoms with van der Waals surface area (Å²) >= 11 is 2.22. The summed E-state index contributed by atoms with van der Waals surface area (Å²) in [5.41, 5.74) is 3.36. The average molecular weight is 444 g/mol. The summed E-state index contributed by atoms with van der Waals surface area (Å²) in [7, 11) is -3.34. The molecule has 2 rings (SSSR count). The predicted octanol–water partition coefficient (Wildman–Crippen LogP) is 3.53. The van der Waals surface area contributed by atoms with Gasteiger partial charge in [-0.1, -0.05) is 0 Å². The number of hydrogen-bond acceptors (Lipinski definition) is 3. The summed E-state index contributed by atoms with van der Waals surface area (Å²) in [6.07, 6.45) is 1.09. The van der Waals surface area contributed by atoms with E-state index in [1.54, 1.807) is 25.1 Å². The van der Waals surface area contributed by atoms with Gasteiger partial charge in [0, 0.05) is 14.8 Å². The van der Waals surface area contributed by atoms with E-state index >= 15 is 0 Å². The maximum atomic E-state index is 12.3. The molecule has 0 aromatic heterocycles. The molecular weight excluding hydrogens is 427 g/mol. The molecule has 2 aromatic rings. The van der Waals surface area contributed by atoms with Crippen molar-refractivity contribution in [1.29, 1.82) is 0 Å². The van der Waals surface area contributed by atoms with Gasteiger partial charge in [-0.05, 0) is 84.0 Å². The normalized spacial score (nSPS) is 11.1. The molecule has 5 nitrogen and oxygen atoms in total. The Hall–Kier alpha value is -1.61. The van der Waals surface area contributed by atoms with Crippen molar-refractivity contribution in [3.05, 3.63) is 56.7 Å². The van der Waals surface area contributed by atoms with Gasteiger partial charge in [0.1, 0.15) is 0 Å². The molecule has 0 bridgehead atoms. The molecule has 2 aromatic carbocycles. The lowest BCUT2D eigenvalue weighted by Gasteiger charge is -2.11. The number of amides is 1. The summed E-state index contributed by atoms with van der Waals surface area (Å²) in [6, 6.07) is 10.6. The van der Waals surface area contributed by atoms with Crippen molar-refractivity contribution >= 4 is 49.9 Å². The van der Waals surface area contributed by atoms with E-state index in [4.69, 9.17) is 0 Å². The Morgan fingerprint density at radius 1 is 1.00 bits per heavy atom. The lowest BCUT2D eigenvalue weighted by Crippen LogP contribution is -2.14. The van der Waals surface area contributed by atoms with Crippen molar-refractivity contribution in [3.63, 3.8) is 0 Å². The molecular formula is C16H17IN2O3S. The molecule has 0 saturated heterocycles. The minimum atomic E-state index is -3.34. The highest BCUT2D eigenvalue weighted by molar-refractivity contribution is 14.1. The van der Waals surface area contributed by atoms with Crippen LogP contribution in [0.25, 0.3) is 0 Å². The van der Waals surface area contributed by atoms with Crippen LogP contribution >= 0.6 is 22.6 Å². The zero-order valence-electron chi connectivity index (χ0n) is 13.0. The fourth-order valence-corrected chi connectivity index (χ4v) is 3.36. The van der Waals surface area contributed by atoms with Crippen LogP contribution in [0.5, 0.6) is 0 Å². The molecule has 2 N–H and O–H groups in total. The van der Waals surface area contributed by atoms with Crippen LogP contribution in [0.2, 0.25) is 0 Å². The predicted molar refractivity (Wildman–Crippen MR) is 101 cm³/mol. The van der Waals surface area contributed by atoms with Crippen LogP contribution in [-0.2, 0) is 10.0 Å².